The molecule has 2 amide bonds. The standard InChI is InChI=1S/C34H47N3O4/c1-7-10-28(25-13-11-24(6)12-14-25)35-32(39)29-30(38)34(8-2,9-3)31(29)41-27-17-15-26(16-18-27)33(40)37-21-19-36(20-22-37)23(4)5/h11-18,23,28-29,31H,7-10,19-22H2,1-6H3,(H,35,39)/t28?,29?,31-/m1/s1. The maximum absolute atomic E-state index is 13.6. The molecule has 1 aliphatic carbocycles. The van der Waals surface area contributed by atoms with Crippen molar-refractivity contribution >= 4 is 17.6 Å². The minimum atomic E-state index is -0.863. The largest absolute Gasteiger partial charge is 0.488 e. The van der Waals surface area contributed by atoms with Crippen LogP contribution in [0.1, 0.15) is 87.8 Å². The van der Waals surface area contributed by atoms with Crippen LogP contribution in [0.25, 0.3) is 0 Å². The molecule has 0 bridgehead atoms. The zero-order valence-corrected chi connectivity index (χ0v) is 25.6. The highest BCUT2D eigenvalue weighted by Crippen LogP contribution is 2.50. The minimum absolute atomic E-state index is 0.0190. The Kier molecular flexibility index (Phi) is 9.90. The van der Waals surface area contributed by atoms with Gasteiger partial charge in [-0.05, 0) is 69.9 Å². The first-order chi connectivity index (χ1) is 19.6. The monoisotopic (exact) mass is 561 g/mol. The lowest BCUT2D eigenvalue weighted by Crippen LogP contribution is -2.68. The predicted octanol–water partition coefficient (Wildman–Crippen LogP) is 5.57. The molecule has 0 radical (unpaired) electrons. The summed E-state index contributed by atoms with van der Waals surface area (Å²) in [5.74, 6) is -0.597. The maximum Gasteiger partial charge on any atom is 0.253 e. The third-order valence-corrected chi connectivity index (χ3v) is 9.23. The topological polar surface area (TPSA) is 78.9 Å². The van der Waals surface area contributed by atoms with Gasteiger partial charge in [-0.3, -0.25) is 19.3 Å². The van der Waals surface area contributed by atoms with Crippen LogP contribution < -0.4 is 10.1 Å². The molecular weight excluding hydrogens is 514 g/mol. The van der Waals surface area contributed by atoms with Gasteiger partial charge in [0.1, 0.15) is 17.8 Å². The summed E-state index contributed by atoms with van der Waals surface area (Å²) in [6.45, 7) is 15.6. The third-order valence-electron chi connectivity index (χ3n) is 9.23. The second-order valence-corrected chi connectivity index (χ2v) is 12.0. The van der Waals surface area contributed by atoms with E-state index >= 15 is 0 Å². The summed E-state index contributed by atoms with van der Waals surface area (Å²) in [5, 5.41) is 3.16. The number of benzene rings is 2. The average molecular weight is 562 g/mol. The van der Waals surface area contributed by atoms with Gasteiger partial charge in [0.2, 0.25) is 5.91 Å². The van der Waals surface area contributed by atoms with E-state index in [4.69, 9.17) is 4.74 Å². The summed E-state index contributed by atoms with van der Waals surface area (Å²) >= 11 is 0. The van der Waals surface area contributed by atoms with Crippen LogP contribution in [-0.4, -0.2) is 65.7 Å². The fourth-order valence-electron chi connectivity index (χ4n) is 6.37. The first kappa shape index (κ1) is 30.8. The number of hydrogen-bond donors (Lipinski definition) is 1. The van der Waals surface area contributed by atoms with Gasteiger partial charge in [0.15, 0.2) is 5.78 Å². The summed E-state index contributed by atoms with van der Waals surface area (Å²) < 4.78 is 6.42. The first-order valence-corrected chi connectivity index (χ1v) is 15.4. The Hall–Kier alpha value is -3.19. The van der Waals surface area contributed by atoms with Crippen molar-refractivity contribution < 1.29 is 19.1 Å². The van der Waals surface area contributed by atoms with Crippen LogP contribution in [0.3, 0.4) is 0 Å². The molecule has 2 aliphatic rings. The van der Waals surface area contributed by atoms with Gasteiger partial charge in [-0.15, -0.1) is 0 Å². The molecule has 0 spiro atoms. The Labute approximate surface area is 245 Å². The zero-order valence-electron chi connectivity index (χ0n) is 25.6. The van der Waals surface area contributed by atoms with Crippen LogP contribution in [0, 0.1) is 18.3 Å². The van der Waals surface area contributed by atoms with E-state index in [9.17, 15) is 14.4 Å². The molecule has 222 valence electrons. The Morgan fingerprint density at radius 3 is 2.10 bits per heavy atom. The van der Waals surface area contributed by atoms with E-state index in [1.165, 1.54) is 0 Å². The molecule has 7 heteroatoms. The van der Waals surface area contributed by atoms with Crippen molar-refractivity contribution in [1.29, 1.82) is 0 Å². The number of hydrogen-bond acceptors (Lipinski definition) is 5. The number of ether oxygens (including phenoxy) is 1. The van der Waals surface area contributed by atoms with Crippen LogP contribution in [0.2, 0.25) is 0 Å². The van der Waals surface area contributed by atoms with E-state index < -0.39 is 17.4 Å². The molecule has 2 unspecified atom stereocenters. The number of carbonyl (C=O) groups excluding carboxylic acids is 3. The van der Waals surface area contributed by atoms with Crippen LogP contribution in [-0.2, 0) is 9.59 Å². The van der Waals surface area contributed by atoms with Crippen LogP contribution in [0.5, 0.6) is 5.75 Å². The molecule has 41 heavy (non-hydrogen) atoms. The van der Waals surface area contributed by atoms with Gasteiger partial charge in [-0.25, -0.2) is 0 Å². The predicted molar refractivity (Wildman–Crippen MR) is 162 cm³/mol. The van der Waals surface area contributed by atoms with Gasteiger partial charge >= 0.3 is 0 Å². The Morgan fingerprint density at radius 1 is 0.951 bits per heavy atom. The number of piperazine rings is 1. The molecule has 1 heterocycles. The van der Waals surface area contributed by atoms with Gasteiger partial charge in [-0.1, -0.05) is 57.0 Å². The summed E-state index contributed by atoms with van der Waals surface area (Å²) in [4.78, 5) is 44.5. The fraction of sp³-hybridized carbons (Fsp3) is 0.559. The number of ketones is 1. The second kappa shape index (κ2) is 13.2. The molecule has 2 aromatic rings. The van der Waals surface area contributed by atoms with Gasteiger partial charge in [0.05, 0.1) is 11.5 Å². The molecular formula is C34H47N3O4. The molecule has 1 aliphatic heterocycles. The average Bonchev–Trinajstić information content (AvgIpc) is 2.98. The van der Waals surface area contributed by atoms with Crippen molar-refractivity contribution in [3.05, 3.63) is 65.2 Å². The lowest BCUT2D eigenvalue weighted by atomic mass is 9.55. The van der Waals surface area contributed by atoms with E-state index in [0.29, 0.717) is 43.3 Å². The molecule has 3 atom stereocenters. The molecule has 1 saturated heterocycles. The summed E-state index contributed by atoms with van der Waals surface area (Å²) in [5.41, 5.74) is 2.12. The van der Waals surface area contributed by atoms with E-state index in [0.717, 1.165) is 37.1 Å². The number of aryl methyl sites for hydroxylation is 1. The SMILES string of the molecule is CCCC(NC(=O)C1C(=O)C(CC)(CC)[C@@H]1Oc1ccc(C(=O)N2CCN(C(C)C)CC2)cc1)c1ccc(C)cc1. The smallest absolute Gasteiger partial charge is 0.253 e. The molecule has 2 aromatic carbocycles. The molecule has 2 fully saturated rings. The van der Waals surface area contributed by atoms with Gasteiger partial charge in [-0.2, -0.15) is 0 Å². The van der Waals surface area contributed by atoms with E-state index in [2.05, 4.69) is 31.0 Å². The van der Waals surface area contributed by atoms with E-state index in [1.807, 2.05) is 49.9 Å². The van der Waals surface area contributed by atoms with Crippen molar-refractivity contribution in [1.82, 2.24) is 15.1 Å². The second-order valence-electron chi connectivity index (χ2n) is 12.0. The summed E-state index contributed by atoms with van der Waals surface area (Å²) in [6.07, 6.45) is 2.34. The van der Waals surface area contributed by atoms with E-state index in [1.54, 1.807) is 24.3 Å². The van der Waals surface area contributed by atoms with Crippen molar-refractivity contribution in [2.75, 3.05) is 26.2 Å². The van der Waals surface area contributed by atoms with E-state index in [-0.39, 0.29) is 23.6 Å². The maximum atomic E-state index is 13.6. The lowest BCUT2D eigenvalue weighted by molar-refractivity contribution is -0.173. The molecule has 4 rings (SSSR count). The number of carbonyl (C=O) groups is 3. The van der Waals surface area contributed by atoms with Crippen molar-refractivity contribution in [3.8, 4) is 5.75 Å². The number of rotatable bonds is 11. The highest BCUT2D eigenvalue weighted by Gasteiger charge is 2.64. The fourth-order valence-corrected chi connectivity index (χ4v) is 6.37. The normalized spacial score (nSPS) is 21.3. The summed E-state index contributed by atoms with van der Waals surface area (Å²) in [6, 6.07) is 15.7. The number of amides is 2. The van der Waals surface area contributed by atoms with Crippen LogP contribution in [0.15, 0.2) is 48.5 Å². The highest BCUT2D eigenvalue weighted by molar-refractivity contribution is 6.10. The first-order valence-electron chi connectivity index (χ1n) is 15.4. The lowest BCUT2D eigenvalue weighted by Gasteiger charge is -2.51. The number of nitrogens with zero attached hydrogens (tertiary/aromatic N) is 2. The van der Waals surface area contributed by atoms with Crippen LogP contribution in [0.4, 0.5) is 0 Å². The van der Waals surface area contributed by atoms with Gasteiger partial charge in [0, 0.05) is 37.8 Å². The Bertz CT molecular complexity index is 1200. The van der Waals surface area contributed by atoms with Crippen LogP contribution >= 0.6 is 0 Å². The quantitative estimate of drug-likeness (QED) is 0.363. The van der Waals surface area contributed by atoms with Crippen molar-refractivity contribution in [2.24, 2.45) is 11.3 Å². The molecule has 7 nitrogen and oxygen atoms in total. The Balaban J connectivity index is 1.47. The third kappa shape index (κ3) is 6.35. The zero-order chi connectivity index (χ0) is 29.7. The molecule has 1 saturated carbocycles. The number of nitrogens with one attached hydrogen (secondary N) is 1. The van der Waals surface area contributed by atoms with Gasteiger partial charge < -0.3 is 15.0 Å². The number of Topliss-reactive ketones (excluding diaryl/α,β-unsaturated/α-hetero) is 1. The summed E-state index contributed by atoms with van der Waals surface area (Å²) in [7, 11) is 0. The van der Waals surface area contributed by atoms with Crippen molar-refractivity contribution in [2.45, 2.75) is 85.4 Å². The molecule has 0 aromatic heterocycles. The van der Waals surface area contributed by atoms with Crippen molar-refractivity contribution in [3.63, 3.8) is 0 Å². The minimum Gasteiger partial charge on any atom is -0.488 e. The van der Waals surface area contributed by atoms with Gasteiger partial charge in [0.25, 0.3) is 5.91 Å². The molecule has 1 N–H and O–H groups in total. The Morgan fingerprint density at radius 2 is 1.56 bits per heavy atom. The highest BCUT2D eigenvalue weighted by atomic mass is 16.5.